The molecule has 0 bridgehead atoms. The van der Waals surface area contributed by atoms with E-state index in [1.54, 1.807) is 0 Å². The van der Waals surface area contributed by atoms with Crippen molar-refractivity contribution in [2.45, 2.75) is 38.8 Å². The van der Waals surface area contributed by atoms with E-state index in [4.69, 9.17) is 0 Å². The highest BCUT2D eigenvalue weighted by Gasteiger charge is 2.34. The Hall–Kier alpha value is -0.0800. The Morgan fingerprint density at radius 1 is 1.36 bits per heavy atom. The molecule has 2 fully saturated rings. The lowest BCUT2D eigenvalue weighted by Gasteiger charge is -2.20. The SMILES string of the molecule is CC(C)N1CC2CCCN2C1. The summed E-state index contributed by atoms with van der Waals surface area (Å²) in [7, 11) is 0. The van der Waals surface area contributed by atoms with Gasteiger partial charge in [-0.15, -0.1) is 0 Å². The predicted octanol–water partition coefficient (Wildman–Crippen LogP) is 1.13. The van der Waals surface area contributed by atoms with Crippen molar-refractivity contribution in [1.82, 2.24) is 9.80 Å². The van der Waals surface area contributed by atoms with Crippen LogP contribution in [0.2, 0.25) is 0 Å². The fourth-order valence-electron chi connectivity index (χ4n) is 2.22. The third kappa shape index (κ3) is 1.30. The molecule has 0 spiro atoms. The number of hydrogen-bond donors (Lipinski definition) is 0. The second-order valence-electron chi connectivity index (χ2n) is 4.11. The van der Waals surface area contributed by atoms with Crippen molar-refractivity contribution in [3.63, 3.8) is 0 Å². The molecule has 0 N–H and O–H groups in total. The number of fused-ring (bicyclic) bond motifs is 1. The summed E-state index contributed by atoms with van der Waals surface area (Å²) < 4.78 is 0. The first-order chi connectivity index (χ1) is 5.27. The topological polar surface area (TPSA) is 6.48 Å². The van der Waals surface area contributed by atoms with Crippen LogP contribution >= 0.6 is 0 Å². The summed E-state index contributed by atoms with van der Waals surface area (Å²) in [6, 6.07) is 1.64. The Balaban J connectivity index is 1.94. The van der Waals surface area contributed by atoms with Gasteiger partial charge in [0.05, 0.1) is 6.67 Å². The van der Waals surface area contributed by atoms with Crippen LogP contribution < -0.4 is 0 Å². The number of hydrogen-bond acceptors (Lipinski definition) is 2. The molecule has 2 rings (SSSR count). The van der Waals surface area contributed by atoms with Crippen LogP contribution in [0, 0.1) is 0 Å². The van der Waals surface area contributed by atoms with Crippen LogP contribution in [0.15, 0.2) is 0 Å². The van der Waals surface area contributed by atoms with Gasteiger partial charge in [0.25, 0.3) is 0 Å². The maximum absolute atomic E-state index is 2.62. The molecule has 1 unspecified atom stereocenters. The largest absolute Gasteiger partial charge is 0.287 e. The first-order valence-corrected chi connectivity index (χ1v) is 4.75. The summed E-state index contributed by atoms with van der Waals surface area (Å²) in [6.07, 6.45) is 2.86. The van der Waals surface area contributed by atoms with Gasteiger partial charge in [-0.25, -0.2) is 0 Å². The molecule has 0 radical (unpaired) electrons. The molecule has 0 aliphatic carbocycles. The van der Waals surface area contributed by atoms with Crippen LogP contribution in [0.25, 0.3) is 0 Å². The van der Waals surface area contributed by atoms with Crippen LogP contribution in [0.4, 0.5) is 0 Å². The molecule has 0 aromatic rings. The van der Waals surface area contributed by atoms with Crippen LogP contribution in [0.1, 0.15) is 26.7 Å². The molecular weight excluding hydrogens is 136 g/mol. The average Bonchev–Trinajstić information content (AvgIpc) is 2.40. The molecule has 0 aromatic carbocycles. The summed E-state index contributed by atoms with van der Waals surface area (Å²) in [5, 5.41) is 0. The number of rotatable bonds is 1. The second-order valence-corrected chi connectivity index (χ2v) is 4.11. The van der Waals surface area contributed by atoms with E-state index in [9.17, 15) is 0 Å². The molecule has 2 heteroatoms. The van der Waals surface area contributed by atoms with Gasteiger partial charge in [0.15, 0.2) is 0 Å². The summed E-state index contributed by atoms with van der Waals surface area (Å²) in [5.41, 5.74) is 0. The van der Waals surface area contributed by atoms with Crippen LogP contribution in [0.3, 0.4) is 0 Å². The Labute approximate surface area is 69.2 Å². The number of nitrogens with zero attached hydrogens (tertiary/aromatic N) is 2. The predicted molar refractivity (Wildman–Crippen MR) is 46.4 cm³/mol. The first kappa shape index (κ1) is 7.56. The van der Waals surface area contributed by atoms with Crippen LogP contribution in [-0.2, 0) is 0 Å². The summed E-state index contributed by atoms with van der Waals surface area (Å²) in [5.74, 6) is 0. The third-order valence-electron chi connectivity index (χ3n) is 3.04. The Bertz CT molecular complexity index is 132. The van der Waals surface area contributed by atoms with Crippen molar-refractivity contribution in [3.05, 3.63) is 0 Å². The van der Waals surface area contributed by atoms with E-state index in [0.29, 0.717) is 0 Å². The van der Waals surface area contributed by atoms with Crippen molar-refractivity contribution < 1.29 is 0 Å². The molecule has 0 amide bonds. The van der Waals surface area contributed by atoms with Crippen molar-refractivity contribution in [3.8, 4) is 0 Å². The highest BCUT2D eigenvalue weighted by atomic mass is 15.4. The molecule has 2 aliphatic heterocycles. The molecule has 2 saturated heterocycles. The second kappa shape index (κ2) is 2.76. The van der Waals surface area contributed by atoms with E-state index in [2.05, 4.69) is 23.6 Å². The van der Waals surface area contributed by atoms with E-state index in [0.717, 1.165) is 12.1 Å². The van der Waals surface area contributed by atoms with Gasteiger partial charge < -0.3 is 0 Å². The minimum absolute atomic E-state index is 0.737. The summed E-state index contributed by atoms with van der Waals surface area (Å²) in [4.78, 5) is 5.20. The molecule has 2 aliphatic rings. The van der Waals surface area contributed by atoms with Gasteiger partial charge in [-0.3, -0.25) is 9.80 Å². The molecule has 64 valence electrons. The van der Waals surface area contributed by atoms with Gasteiger partial charge in [0, 0.05) is 18.6 Å². The van der Waals surface area contributed by atoms with Crippen molar-refractivity contribution >= 4 is 0 Å². The van der Waals surface area contributed by atoms with Gasteiger partial charge in [-0.05, 0) is 33.2 Å². The summed E-state index contributed by atoms with van der Waals surface area (Å²) >= 11 is 0. The van der Waals surface area contributed by atoms with E-state index in [1.807, 2.05) is 0 Å². The lowest BCUT2D eigenvalue weighted by atomic mass is 10.2. The highest BCUT2D eigenvalue weighted by Crippen LogP contribution is 2.24. The maximum atomic E-state index is 2.62. The van der Waals surface area contributed by atoms with Crippen molar-refractivity contribution in [2.75, 3.05) is 19.8 Å². The Morgan fingerprint density at radius 3 is 2.82 bits per heavy atom. The van der Waals surface area contributed by atoms with Crippen LogP contribution in [0.5, 0.6) is 0 Å². The normalized spacial score (nSPS) is 33.5. The third-order valence-corrected chi connectivity index (χ3v) is 3.04. The average molecular weight is 154 g/mol. The van der Waals surface area contributed by atoms with E-state index in [-0.39, 0.29) is 0 Å². The fourth-order valence-corrected chi connectivity index (χ4v) is 2.22. The zero-order valence-electron chi connectivity index (χ0n) is 7.58. The standard InChI is InChI=1S/C9H18N2/c1-8(2)11-6-9-4-3-5-10(9)7-11/h8-9H,3-7H2,1-2H3. The zero-order valence-corrected chi connectivity index (χ0v) is 7.58. The van der Waals surface area contributed by atoms with Crippen LogP contribution in [-0.4, -0.2) is 41.6 Å². The van der Waals surface area contributed by atoms with E-state index < -0.39 is 0 Å². The zero-order chi connectivity index (χ0) is 7.84. The molecule has 11 heavy (non-hydrogen) atoms. The quantitative estimate of drug-likeness (QED) is 0.558. The minimum Gasteiger partial charge on any atom is -0.287 e. The first-order valence-electron chi connectivity index (χ1n) is 4.75. The maximum Gasteiger partial charge on any atom is 0.0512 e. The smallest absolute Gasteiger partial charge is 0.0512 e. The van der Waals surface area contributed by atoms with Crippen molar-refractivity contribution in [1.29, 1.82) is 0 Å². The molecular formula is C9H18N2. The Morgan fingerprint density at radius 2 is 2.18 bits per heavy atom. The lowest BCUT2D eigenvalue weighted by molar-refractivity contribution is 0.216. The minimum atomic E-state index is 0.737. The van der Waals surface area contributed by atoms with E-state index >= 15 is 0 Å². The van der Waals surface area contributed by atoms with Gasteiger partial charge in [0.1, 0.15) is 0 Å². The van der Waals surface area contributed by atoms with Gasteiger partial charge in [0.2, 0.25) is 0 Å². The van der Waals surface area contributed by atoms with E-state index in [1.165, 1.54) is 32.6 Å². The van der Waals surface area contributed by atoms with Gasteiger partial charge in [-0.2, -0.15) is 0 Å². The Kier molecular flexibility index (Phi) is 1.90. The molecule has 0 saturated carbocycles. The monoisotopic (exact) mass is 154 g/mol. The summed E-state index contributed by atoms with van der Waals surface area (Å²) in [6.45, 7) is 8.47. The molecule has 2 nitrogen and oxygen atoms in total. The molecule has 2 heterocycles. The lowest BCUT2D eigenvalue weighted by Crippen LogP contribution is -2.30. The van der Waals surface area contributed by atoms with Gasteiger partial charge >= 0.3 is 0 Å². The molecule has 0 aromatic heterocycles. The fraction of sp³-hybridized carbons (Fsp3) is 1.00. The molecule has 1 atom stereocenters. The highest BCUT2D eigenvalue weighted by molar-refractivity contribution is 4.88. The van der Waals surface area contributed by atoms with Crippen molar-refractivity contribution in [2.24, 2.45) is 0 Å². The van der Waals surface area contributed by atoms with Gasteiger partial charge in [-0.1, -0.05) is 0 Å².